The van der Waals surface area contributed by atoms with Crippen molar-refractivity contribution in [2.75, 3.05) is 0 Å². The summed E-state index contributed by atoms with van der Waals surface area (Å²) in [6, 6.07) is -0.286. The van der Waals surface area contributed by atoms with Gasteiger partial charge in [0.15, 0.2) is 0 Å². The van der Waals surface area contributed by atoms with Crippen LogP contribution >= 0.6 is 0 Å². The highest BCUT2D eigenvalue weighted by Crippen LogP contribution is 2.16. The Morgan fingerprint density at radius 3 is 1.38 bits per heavy atom. The van der Waals surface area contributed by atoms with Crippen LogP contribution in [0.4, 0.5) is 0 Å². The minimum atomic E-state index is -0.286. The van der Waals surface area contributed by atoms with E-state index in [-0.39, 0.29) is 11.0 Å². The van der Waals surface area contributed by atoms with Crippen molar-refractivity contribution in [3.63, 3.8) is 0 Å². The second-order valence-corrected chi connectivity index (χ2v) is 6.41. The summed E-state index contributed by atoms with van der Waals surface area (Å²) in [6.07, 6.45) is 17.7. The predicted octanol–water partition coefficient (Wildman–Crippen LogP) is 6.52. The lowest BCUT2D eigenvalue weighted by atomic mass is 10.0. The van der Waals surface area contributed by atoms with Gasteiger partial charge in [-0.05, 0) is 12.8 Å². The molecular formula is C18H37NO2. The molecule has 0 fully saturated rings. The molecular weight excluding hydrogens is 262 g/mol. The summed E-state index contributed by atoms with van der Waals surface area (Å²) in [4.78, 5) is 11.0. The maximum Gasteiger partial charge on any atom is 0.213 e. The third kappa shape index (κ3) is 14.1. The lowest BCUT2D eigenvalue weighted by molar-refractivity contribution is -0.524. The monoisotopic (exact) mass is 299 g/mol. The molecule has 1 atom stereocenters. The van der Waals surface area contributed by atoms with Crippen molar-refractivity contribution in [3.05, 3.63) is 10.1 Å². The van der Waals surface area contributed by atoms with Gasteiger partial charge in [0.1, 0.15) is 0 Å². The van der Waals surface area contributed by atoms with Gasteiger partial charge in [0.05, 0.1) is 0 Å². The van der Waals surface area contributed by atoms with Crippen LogP contribution in [0.1, 0.15) is 110 Å². The van der Waals surface area contributed by atoms with E-state index in [4.69, 9.17) is 0 Å². The van der Waals surface area contributed by atoms with E-state index in [1.165, 1.54) is 64.2 Å². The van der Waals surface area contributed by atoms with Crippen molar-refractivity contribution >= 4 is 0 Å². The fraction of sp³-hybridized carbons (Fsp3) is 1.00. The summed E-state index contributed by atoms with van der Waals surface area (Å²) in [5.74, 6) is 0. The summed E-state index contributed by atoms with van der Waals surface area (Å²) >= 11 is 0. The topological polar surface area (TPSA) is 43.1 Å². The summed E-state index contributed by atoms with van der Waals surface area (Å²) in [5, 5.41) is 11.0. The molecule has 3 nitrogen and oxygen atoms in total. The van der Waals surface area contributed by atoms with Gasteiger partial charge in [0.2, 0.25) is 6.04 Å². The van der Waals surface area contributed by atoms with E-state index in [9.17, 15) is 10.1 Å². The van der Waals surface area contributed by atoms with Crippen LogP contribution in [0.15, 0.2) is 0 Å². The highest BCUT2D eigenvalue weighted by Gasteiger charge is 2.18. The Morgan fingerprint density at radius 1 is 0.667 bits per heavy atom. The Bertz CT molecular complexity index is 231. The van der Waals surface area contributed by atoms with Crippen LogP contribution in [-0.4, -0.2) is 11.0 Å². The van der Waals surface area contributed by atoms with E-state index in [1.807, 2.05) is 0 Å². The molecule has 0 saturated heterocycles. The fourth-order valence-electron chi connectivity index (χ4n) is 2.85. The Hall–Kier alpha value is -0.600. The summed E-state index contributed by atoms with van der Waals surface area (Å²) in [6.45, 7) is 4.42. The van der Waals surface area contributed by atoms with E-state index in [1.54, 1.807) is 0 Å². The van der Waals surface area contributed by atoms with Crippen molar-refractivity contribution in [2.24, 2.45) is 0 Å². The largest absolute Gasteiger partial charge is 0.264 e. The number of unbranched alkanes of at least 4 members (excludes halogenated alkanes) is 11. The van der Waals surface area contributed by atoms with Gasteiger partial charge in [-0.3, -0.25) is 10.1 Å². The molecule has 0 N–H and O–H groups in total. The van der Waals surface area contributed by atoms with E-state index < -0.39 is 0 Å². The third-order valence-corrected chi connectivity index (χ3v) is 4.33. The Balaban J connectivity index is 3.45. The molecule has 1 unspecified atom stereocenters. The zero-order valence-electron chi connectivity index (χ0n) is 14.4. The van der Waals surface area contributed by atoms with E-state index in [2.05, 4.69) is 13.8 Å². The number of nitrogens with zero attached hydrogens (tertiary/aromatic N) is 1. The maximum atomic E-state index is 11.0. The van der Waals surface area contributed by atoms with Gasteiger partial charge in [0, 0.05) is 17.8 Å². The molecule has 0 aromatic heterocycles. The lowest BCUT2D eigenvalue weighted by Crippen LogP contribution is -2.19. The zero-order chi connectivity index (χ0) is 15.8. The van der Waals surface area contributed by atoms with Gasteiger partial charge in [-0.1, -0.05) is 84.5 Å². The summed E-state index contributed by atoms with van der Waals surface area (Å²) in [5.41, 5.74) is 0. The summed E-state index contributed by atoms with van der Waals surface area (Å²) < 4.78 is 0. The second kappa shape index (κ2) is 15.8. The van der Waals surface area contributed by atoms with Crippen LogP contribution in [0, 0.1) is 10.1 Å². The van der Waals surface area contributed by atoms with Gasteiger partial charge in [-0.2, -0.15) is 0 Å². The minimum absolute atomic E-state index is 0.0449. The van der Waals surface area contributed by atoms with Crippen LogP contribution in [0.25, 0.3) is 0 Å². The molecule has 3 heteroatoms. The number of hydrogen-bond acceptors (Lipinski definition) is 2. The van der Waals surface area contributed by atoms with Crippen LogP contribution in [0.2, 0.25) is 0 Å². The van der Waals surface area contributed by atoms with Gasteiger partial charge >= 0.3 is 0 Å². The average Bonchev–Trinajstić information content (AvgIpc) is 2.47. The Kier molecular flexibility index (Phi) is 15.3. The molecule has 0 aromatic carbocycles. The quantitative estimate of drug-likeness (QED) is 0.185. The van der Waals surface area contributed by atoms with Crippen molar-refractivity contribution < 1.29 is 4.92 Å². The smallest absolute Gasteiger partial charge is 0.213 e. The molecule has 0 aliphatic carbocycles. The first-order valence-electron chi connectivity index (χ1n) is 9.35. The van der Waals surface area contributed by atoms with E-state index in [0.29, 0.717) is 0 Å². The lowest BCUT2D eigenvalue weighted by Gasteiger charge is -2.09. The molecule has 0 bridgehead atoms. The highest BCUT2D eigenvalue weighted by molar-refractivity contribution is 4.58. The normalized spacial score (nSPS) is 12.5. The molecule has 0 saturated carbocycles. The van der Waals surface area contributed by atoms with Gasteiger partial charge in [-0.15, -0.1) is 0 Å². The first-order valence-corrected chi connectivity index (χ1v) is 9.35. The van der Waals surface area contributed by atoms with Crippen molar-refractivity contribution in [2.45, 2.75) is 116 Å². The first-order chi connectivity index (χ1) is 10.2. The van der Waals surface area contributed by atoms with Crippen LogP contribution in [0.3, 0.4) is 0 Å². The molecule has 0 rings (SSSR count). The molecule has 0 amide bonds. The third-order valence-electron chi connectivity index (χ3n) is 4.33. The predicted molar refractivity (Wildman–Crippen MR) is 91.4 cm³/mol. The summed E-state index contributed by atoms with van der Waals surface area (Å²) in [7, 11) is 0. The average molecular weight is 299 g/mol. The van der Waals surface area contributed by atoms with E-state index in [0.717, 1.165) is 32.1 Å². The number of rotatable bonds is 16. The minimum Gasteiger partial charge on any atom is -0.264 e. The van der Waals surface area contributed by atoms with Crippen molar-refractivity contribution in [1.82, 2.24) is 0 Å². The molecule has 0 heterocycles. The fourth-order valence-corrected chi connectivity index (χ4v) is 2.85. The Labute approximate surface area is 132 Å². The van der Waals surface area contributed by atoms with Crippen LogP contribution < -0.4 is 0 Å². The molecule has 0 spiro atoms. The zero-order valence-corrected chi connectivity index (χ0v) is 14.4. The molecule has 21 heavy (non-hydrogen) atoms. The van der Waals surface area contributed by atoms with Gasteiger partial charge < -0.3 is 0 Å². The molecule has 0 aliphatic rings. The van der Waals surface area contributed by atoms with Crippen molar-refractivity contribution in [3.8, 4) is 0 Å². The molecule has 126 valence electrons. The standard InChI is InChI=1S/C18H37NO2/c1-3-5-7-9-10-11-12-13-15-17-18(19(20)21)16-14-8-6-4-2/h18H,3-17H2,1-2H3. The van der Waals surface area contributed by atoms with Crippen LogP contribution in [0.5, 0.6) is 0 Å². The number of nitro groups is 1. The van der Waals surface area contributed by atoms with Gasteiger partial charge in [-0.25, -0.2) is 0 Å². The van der Waals surface area contributed by atoms with Crippen LogP contribution in [-0.2, 0) is 0 Å². The van der Waals surface area contributed by atoms with Crippen molar-refractivity contribution in [1.29, 1.82) is 0 Å². The highest BCUT2D eigenvalue weighted by atomic mass is 16.6. The maximum absolute atomic E-state index is 11.0. The first kappa shape index (κ1) is 20.4. The second-order valence-electron chi connectivity index (χ2n) is 6.41. The van der Waals surface area contributed by atoms with E-state index >= 15 is 0 Å². The van der Waals surface area contributed by atoms with Gasteiger partial charge in [0.25, 0.3) is 0 Å². The Morgan fingerprint density at radius 2 is 1.00 bits per heavy atom. The molecule has 0 aliphatic heterocycles. The molecule has 0 radical (unpaired) electrons. The number of hydrogen-bond donors (Lipinski definition) is 0. The molecule has 0 aromatic rings. The SMILES string of the molecule is CCCCCCCCCCCC(CCCCCC)[N+](=O)[O-].